The molecule has 0 radical (unpaired) electrons. The van der Waals surface area contributed by atoms with E-state index in [1.807, 2.05) is 0 Å². The van der Waals surface area contributed by atoms with E-state index in [1.54, 1.807) is 10.9 Å². The zero-order valence-electron chi connectivity index (χ0n) is 15.3. The maximum Gasteiger partial charge on any atom is 0.240 e. The minimum absolute atomic E-state index is 0.0322. The summed E-state index contributed by atoms with van der Waals surface area (Å²) in [7, 11) is 0. The number of fused-ring (bicyclic) bond motifs is 1. The van der Waals surface area contributed by atoms with Crippen LogP contribution in [0.1, 0.15) is 41.7 Å². The molecule has 29 heavy (non-hydrogen) atoms. The van der Waals surface area contributed by atoms with Gasteiger partial charge in [0, 0.05) is 18.7 Å². The average Bonchev–Trinajstić information content (AvgIpc) is 3.32. The van der Waals surface area contributed by atoms with Gasteiger partial charge in [-0.25, -0.2) is 23.1 Å². The number of nitrogens with one attached hydrogen (secondary N) is 2. The fourth-order valence-corrected chi connectivity index (χ4v) is 3.89. The molecule has 0 spiro atoms. The molecule has 2 unspecified atom stereocenters. The number of nitrogens with zero attached hydrogens (tertiary/aromatic N) is 4. The van der Waals surface area contributed by atoms with E-state index >= 15 is 0 Å². The van der Waals surface area contributed by atoms with Crippen LogP contribution in [0.15, 0.2) is 31.0 Å². The van der Waals surface area contributed by atoms with Gasteiger partial charge in [0.2, 0.25) is 10.7 Å². The fourth-order valence-electron chi connectivity index (χ4n) is 3.60. The summed E-state index contributed by atoms with van der Waals surface area (Å²) in [6.45, 7) is 0. The number of benzene rings is 1. The Hall–Kier alpha value is -2.92. The predicted molar refractivity (Wildman–Crippen MR) is 103 cm³/mol. The van der Waals surface area contributed by atoms with Gasteiger partial charge < -0.3 is 10.7 Å². The van der Waals surface area contributed by atoms with Gasteiger partial charge in [0.25, 0.3) is 0 Å². The topological polar surface area (TPSA) is 107 Å². The molecule has 1 amide bonds. The van der Waals surface area contributed by atoms with Gasteiger partial charge in [0.1, 0.15) is 18.0 Å². The second kappa shape index (κ2) is 7.84. The summed E-state index contributed by atoms with van der Waals surface area (Å²) >= 11 is 5.42. The van der Waals surface area contributed by atoms with E-state index in [4.69, 9.17) is 18.0 Å². The number of halogens is 2. The molecule has 11 heteroatoms. The van der Waals surface area contributed by atoms with E-state index in [-0.39, 0.29) is 18.4 Å². The molecule has 8 nitrogen and oxygen atoms in total. The van der Waals surface area contributed by atoms with Crippen molar-refractivity contribution < 1.29 is 13.6 Å². The zero-order chi connectivity index (χ0) is 20.5. The smallest absolute Gasteiger partial charge is 0.240 e. The predicted octanol–water partition coefficient (Wildman–Crippen LogP) is 2.31. The summed E-state index contributed by atoms with van der Waals surface area (Å²) in [5.74, 6) is -1.45. The number of rotatable bonds is 5. The second-order valence-electron chi connectivity index (χ2n) is 7.00. The van der Waals surface area contributed by atoms with E-state index in [1.165, 1.54) is 23.4 Å². The number of hydrogen-bond donors (Lipinski definition) is 3. The molecular weight excluding hydrogens is 400 g/mol. The second-order valence-corrected chi connectivity index (χ2v) is 7.37. The van der Waals surface area contributed by atoms with Crippen molar-refractivity contribution in [2.75, 3.05) is 5.43 Å². The number of carbonyl (C=O) groups excluding carboxylic acids is 1. The van der Waals surface area contributed by atoms with Crippen molar-refractivity contribution in [2.45, 2.75) is 37.8 Å². The van der Waals surface area contributed by atoms with Crippen LogP contribution in [-0.4, -0.2) is 30.3 Å². The molecule has 0 bridgehead atoms. The van der Waals surface area contributed by atoms with Crippen LogP contribution in [0.3, 0.4) is 0 Å². The highest BCUT2D eigenvalue weighted by molar-refractivity contribution is 7.71. The lowest BCUT2D eigenvalue weighted by Gasteiger charge is -2.25. The molecule has 1 aromatic carbocycles. The van der Waals surface area contributed by atoms with Crippen LogP contribution in [-0.2, 0) is 17.6 Å². The van der Waals surface area contributed by atoms with Crippen molar-refractivity contribution in [1.29, 1.82) is 0 Å². The van der Waals surface area contributed by atoms with Crippen LogP contribution in [0.5, 0.6) is 0 Å². The first-order valence-corrected chi connectivity index (χ1v) is 9.50. The summed E-state index contributed by atoms with van der Waals surface area (Å²) in [6.07, 6.45) is 5.98. The first-order valence-electron chi connectivity index (χ1n) is 9.09. The first kappa shape index (κ1) is 19.4. The number of aromatic nitrogens is 5. The monoisotopic (exact) mass is 419 g/mol. The number of H-pyrrole nitrogens is 1. The third-order valence-corrected chi connectivity index (χ3v) is 5.43. The molecule has 0 fully saturated rings. The normalized spacial score (nSPS) is 17.0. The number of amides is 1. The highest BCUT2D eigenvalue weighted by atomic mass is 32.1. The van der Waals surface area contributed by atoms with Crippen molar-refractivity contribution in [3.8, 4) is 0 Å². The summed E-state index contributed by atoms with van der Waals surface area (Å²) in [4.78, 5) is 19.0. The van der Waals surface area contributed by atoms with Gasteiger partial charge in [-0.3, -0.25) is 10.2 Å². The third kappa shape index (κ3) is 3.96. The van der Waals surface area contributed by atoms with Crippen molar-refractivity contribution >= 4 is 18.1 Å². The Morgan fingerprint density at radius 3 is 3.03 bits per heavy atom. The summed E-state index contributed by atoms with van der Waals surface area (Å²) < 4.78 is 30.7. The van der Waals surface area contributed by atoms with E-state index in [2.05, 4.69) is 20.5 Å². The first-order chi connectivity index (χ1) is 13.9. The highest BCUT2D eigenvalue weighted by Gasteiger charge is 2.25. The van der Waals surface area contributed by atoms with Crippen LogP contribution in [0, 0.1) is 16.4 Å². The van der Waals surface area contributed by atoms with Gasteiger partial charge in [-0.15, -0.1) is 0 Å². The maximum absolute atomic E-state index is 13.9. The van der Waals surface area contributed by atoms with E-state index < -0.39 is 17.7 Å². The molecule has 0 aliphatic heterocycles. The average molecular weight is 419 g/mol. The van der Waals surface area contributed by atoms with Crippen LogP contribution in [0.4, 0.5) is 8.78 Å². The lowest BCUT2D eigenvalue weighted by atomic mass is 9.88. The Bertz CT molecular complexity index is 1090. The lowest BCUT2D eigenvalue weighted by molar-refractivity contribution is -0.117. The molecule has 0 saturated carbocycles. The fraction of sp³-hybridized carbons (Fsp3) is 0.333. The standard InChI is InChI=1S/C18H19F2N7OS/c19-11-3-10-4-12(1-2-13(10)14(20)5-11)27-18(29)26(9-24-27)25-17(28)6-15(21)16-7-22-8-23-16/h3,5,7-9,12,15H,1-2,4,6,21H2,(H,22,23)(H,25,28). The van der Waals surface area contributed by atoms with Crippen molar-refractivity contribution in [3.63, 3.8) is 0 Å². The summed E-state index contributed by atoms with van der Waals surface area (Å²) in [5.41, 5.74) is 10.4. The minimum Gasteiger partial charge on any atom is -0.347 e. The van der Waals surface area contributed by atoms with Gasteiger partial charge in [0.15, 0.2) is 0 Å². The molecule has 1 aliphatic carbocycles. The Morgan fingerprint density at radius 1 is 1.45 bits per heavy atom. The van der Waals surface area contributed by atoms with Crippen molar-refractivity contribution in [1.82, 2.24) is 24.4 Å². The molecule has 1 aliphatic rings. The van der Waals surface area contributed by atoms with E-state index in [9.17, 15) is 13.6 Å². The molecule has 4 rings (SSSR count). The Kier molecular flexibility index (Phi) is 5.24. The van der Waals surface area contributed by atoms with Gasteiger partial charge in [-0.05, 0) is 48.7 Å². The van der Waals surface area contributed by atoms with Crippen molar-refractivity contribution in [2.24, 2.45) is 5.73 Å². The number of nitrogens with two attached hydrogens (primary N) is 1. The SMILES string of the molecule is NC(CC(=O)Nn1cnn(C2CCc3c(F)cc(F)cc3C2)c1=S)c1cnc[nH]1. The molecule has 3 aromatic rings. The summed E-state index contributed by atoms with van der Waals surface area (Å²) in [6, 6.07) is 1.58. The number of hydrogen-bond acceptors (Lipinski definition) is 5. The Labute approximate surface area is 169 Å². The largest absolute Gasteiger partial charge is 0.347 e. The molecule has 4 N–H and O–H groups in total. The van der Waals surface area contributed by atoms with Crippen molar-refractivity contribution in [3.05, 3.63) is 64.2 Å². The molecule has 2 atom stereocenters. The quantitative estimate of drug-likeness (QED) is 0.550. The van der Waals surface area contributed by atoms with E-state index in [0.717, 1.165) is 6.07 Å². The Balaban J connectivity index is 1.46. The van der Waals surface area contributed by atoms with E-state index in [0.29, 0.717) is 40.9 Å². The molecule has 0 saturated heterocycles. The number of aromatic amines is 1. The van der Waals surface area contributed by atoms with Gasteiger partial charge in [0.05, 0.1) is 24.1 Å². The van der Waals surface area contributed by atoms with Crippen LogP contribution in [0.2, 0.25) is 0 Å². The van der Waals surface area contributed by atoms with Crippen LogP contribution >= 0.6 is 12.2 Å². The van der Waals surface area contributed by atoms with Gasteiger partial charge in [-0.2, -0.15) is 5.10 Å². The summed E-state index contributed by atoms with van der Waals surface area (Å²) in [5, 5.41) is 4.27. The highest BCUT2D eigenvalue weighted by Crippen LogP contribution is 2.31. The Morgan fingerprint density at radius 2 is 2.28 bits per heavy atom. The number of imidazole rings is 1. The van der Waals surface area contributed by atoms with Crippen LogP contribution in [0.25, 0.3) is 0 Å². The zero-order valence-corrected chi connectivity index (χ0v) is 16.1. The van der Waals surface area contributed by atoms with Crippen LogP contribution < -0.4 is 11.2 Å². The maximum atomic E-state index is 13.9. The molecular formula is C18H19F2N7OS. The number of carbonyl (C=O) groups is 1. The minimum atomic E-state index is -0.600. The molecule has 2 heterocycles. The van der Waals surface area contributed by atoms with Gasteiger partial charge >= 0.3 is 0 Å². The lowest BCUT2D eigenvalue weighted by Crippen LogP contribution is -2.27. The molecule has 2 aromatic heterocycles. The molecule has 152 valence electrons. The third-order valence-electron chi connectivity index (χ3n) is 5.04. The van der Waals surface area contributed by atoms with Gasteiger partial charge in [-0.1, -0.05) is 0 Å².